The maximum Gasteiger partial charge on any atom is 0.228 e. The van der Waals surface area contributed by atoms with E-state index in [1.165, 1.54) is 12.1 Å². The second-order valence-corrected chi connectivity index (χ2v) is 7.34. The van der Waals surface area contributed by atoms with E-state index in [0.717, 1.165) is 21.1 Å². The molecule has 1 amide bonds. The zero-order valence-corrected chi connectivity index (χ0v) is 15.0. The number of thiazole rings is 1. The smallest absolute Gasteiger partial charge is 0.228 e. The van der Waals surface area contributed by atoms with Crippen molar-refractivity contribution in [3.8, 4) is 9.88 Å². The van der Waals surface area contributed by atoms with Gasteiger partial charge in [-0.3, -0.25) is 4.79 Å². The molecule has 3 rings (SSSR count). The third-order valence-corrected chi connectivity index (χ3v) is 5.87. The van der Waals surface area contributed by atoms with Gasteiger partial charge < -0.3 is 4.90 Å². The first-order chi connectivity index (χ1) is 11.5. The number of hydrogen-bond acceptors (Lipinski definition) is 4. The van der Waals surface area contributed by atoms with Gasteiger partial charge in [0.05, 0.1) is 23.0 Å². The minimum absolute atomic E-state index is 0.00476. The maximum absolute atomic E-state index is 13.0. The molecule has 0 saturated heterocycles. The molecule has 0 aliphatic heterocycles. The molecule has 3 nitrogen and oxygen atoms in total. The van der Waals surface area contributed by atoms with Crippen molar-refractivity contribution in [1.82, 2.24) is 9.88 Å². The van der Waals surface area contributed by atoms with E-state index >= 15 is 0 Å². The molecule has 3 aromatic rings. The average Bonchev–Trinajstić information content (AvgIpc) is 3.25. The van der Waals surface area contributed by atoms with Crippen molar-refractivity contribution >= 4 is 28.6 Å². The van der Waals surface area contributed by atoms with Gasteiger partial charge in [-0.2, -0.15) is 0 Å². The van der Waals surface area contributed by atoms with Gasteiger partial charge in [0.15, 0.2) is 0 Å². The zero-order chi connectivity index (χ0) is 17.1. The number of thiophene rings is 1. The number of aromatic nitrogens is 1. The van der Waals surface area contributed by atoms with Gasteiger partial charge in [-0.05, 0) is 36.1 Å². The van der Waals surface area contributed by atoms with Crippen molar-refractivity contribution in [1.29, 1.82) is 0 Å². The standard InChI is InChI=1S/C18H17FN2OS2/c1-12(13-5-7-14(19)8-6-13)21(2)17(22)10-15-11-24-18(20-15)16-4-3-9-23-16/h3-9,11-12H,10H2,1-2H3. The van der Waals surface area contributed by atoms with Gasteiger partial charge in [-0.1, -0.05) is 18.2 Å². The van der Waals surface area contributed by atoms with E-state index in [2.05, 4.69) is 4.98 Å². The highest BCUT2D eigenvalue weighted by molar-refractivity contribution is 7.20. The lowest BCUT2D eigenvalue weighted by Crippen LogP contribution is -2.31. The summed E-state index contributed by atoms with van der Waals surface area (Å²) in [6, 6.07) is 10.1. The van der Waals surface area contributed by atoms with Crippen molar-refractivity contribution in [3.05, 3.63) is 64.2 Å². The van der Waals surface area contributed by atoms with E-state index in [4.69, 9.17) is 0 Å². The van der Waals surface area contributed by atoms with E-state index in [1.807, 2.05) is 29.8 Å². The van der Waals surface area contributed by atoms with Gasteiger partial charge in [0.1, 0.15) is 10.8 Å². The summed E-state index contributed by atoms with van der Waals surface area (Å²) in [4.78, 5) is 19.9. The lowest BCUT2D eigenvalue weighted by atomic mass is 10.1. The van der Waals surface area contributed by atoms with Crippen molar-refractivity contribution in [2.24, 2.45) is 0 Å². The normalized spacial score (nSPS) is 12.1. The first-order valence-corrected chi connectivity index (χ1v) is 9.30. The summed E-state index contributed by atoms with van der Waals surface area (Å²) in [6.07, 6.45) is 0.268. The average molecular weight is 360 g/mol. The first-order valence-electron chi connectivity index (χ1n) is 7.54. The van der Waals surface area contributed by atoms with E-state index in [9.17, 15) is 9.18 Å². The van der Waals surface area contributed by atoms with Gasteiger partial charge in [0, 0.05) is 12.4 Å². The topological polar surface area (TPSA) is 33.2 Å². The maximum atomic E-state index is 13.0. The fourth-order valence-corrected chi connectivity index (χ4v) is 4.00. The van der Waals surface area contributed by atoms with Crippen LogP contribution in [-0.2, 0) is 11.2 Å². The monoisotopic (exact) mass is 360 g/mol. The van der Waals surface area contributed by atoms with Gasteiger partial charge in [0.2, 0.25) is 5.91 Å². The molecule has 2 aromatic heterocycles. The Bertz CT molecular complexity index is 812. The van der Waals surface area contributed by atoms with Crippen LogP contribution in [0.15, 0.2) is 47.2 Å². The summed E-state index contributed by atoms with van der Waals surface area (Å²) < 4.78 is 13.0. The van der Waals surface area contributed by atoms with Crippen LogP contribution in [0.1, 0.15) is 24.2 Å². The van der Waals surface area contributed by atoms with Crippen LogP contribution in [-0.4, -0.2) is 22.8 Å². The number of benzene rings is 1. The molecule has 0 fully saturated rings. The Labute approximate surface area is 148 Å². The molecule has 1 atom stereocenters. The molecule has 0 radical (unpaired) electrons. The van der Waals surface area contributed by atoms with E-state index in [1.54, 1.807) is 46.8 Å². The second kappa shape index (κ2) is 7.23. The number of rotatable bonds is 5. The van der Waals surface area contributed by atoms with Gasteiger partial charge in [0.25, 0.3) is 0 Å². The minimum atomic E-state index is -0.275. The second-order valence-electron chi connectivity index (χ2n) is 5.53. The Morgan fingerprint density at radius 2 is 2.00 bits per heavy atom. The molecule has 0 aliphatic carbocycles. The molecular formula is C18H17FN2OS2. The Morgan fingerprint density at radius 3 is 2.67 bits per heavy atom. The number of amides is 1. The Balaban J connectivity index is 1.67. The molecule has 124 valence electrons. The number of nitrogens with zero attached hydrogens (tertiary/aromatic N) is 2. The highest BCUT2D eigenvalue weighted by Gasteiger charge is 2.19. The van der Waals surface area contributed by atoms with Crippen molar-refractivity contribution in [3.63, 3.8) is 0 Å². The summed E-state index contributed by atoms with van der Waals surface area (Å²) in [6.45, 7) is 1.93. The SMILES string of the molecule is CC(c1ccc(F)cc1)N(C)C(=O)Cc1csc(-c2cccs2)n1. The van der Waals surface area contributed by atoms with E-state index < -0.39 is 0 Å². The Morgan fingerprint density at radius 1 is 1.25 bits per heavy atom. The van der Waals surface area contributed by atoms with Crippen LogP contribution in [0.5, 0.6) is 0 Å². The van der Waals surface area contributed by atoms with Gasteiger partial charge in [-0.15, -0.1) is 22.7 Å². The minimum Gasteiger partial charge on any atom is -0.339 e. The van der Waals surface area contributed by atoms with E-state index in [0.29, 0.717) is 0 Å². The van der Waals surface area contributed by atoms with Crippen LogP contribution < -0.4 is 0 Å². The fraction of sp³-hybridized carbons (Fsp3) is 0.222. The zero-order valence-electron chi connectivity index (χ0n) is 13.4. The summed E-state index contributed by atoms with van der Waals surface area (Å²) in [5.41, 5.74) is 1.69. The number of carbonyl (C=O) groups excluding carboxylic acids is 1. The third kappa shape index (κ3) is 3.71. The predicted molar refractivity (Wildman–Crippen MR) is 96.7 cm³/mol. The molecule has 6 heteroatoms. The summed E-state index contributed by atoms with van der Waals surface area (Å²) in [5, 5.41) is 4.89. The third-order valence-electron chi connectivity index (χ3n) is 3.94. The van der Waals surface area contributed by atoms with Crippen LogP contribution in [0, 0.1) is 5.82 Å². The summed E-state index contributed by atoms with van der Waals surface area (Å²) in [5.74, 6) is -0.279. The lowest BCUT2D eigenvalue weighted by molar-refractivity contribution is -0.131. The number of halogens is 1. The number of likely N-dealkylation sites (N-methyl/N-ethyl adjacent to an activating group) is 1. The lowest BCUT2D eigenvalue weighted by Gasteiger charge is -2.25. The molecule has 0 aliphatic rings. The largest absolute Gasteiger partial charge is 0.339 e. The fourth-order valence-electron chi connectivity index (χ4n) is 2.36. The van der Waals surface area contributed by atoms with Crippen LogP contribution in [0.3, 0.4) is 0 Å². The van der Waals surface area contributed by atoms with Crippen LogP contribution >= 0.6 is 22.7 Å². The van der Waals surface area contributed by atoms with Crippen LogP contribution in [0.4, 0.5) is 4.39 Å². The molecule has 1 aromatic carbocycles. The number of hydrogen-bond donors (Lipinski definition) is 0. The van der Waals surface area contributed by atoms with Gasteiger partial charge >= 0.3 is 0 Å². The van der Waals surface area contributed by atoms with Crippen LogP contribution in [0.2, 0.25) is 0 Å². The molecule has 1 unspecified atom stereocenters. The molecule has 0 spiro atoms. The number of carbonyl (C=O) groups is 1. The van der Waals surface area contributed by atoms with Crippen molar-refractivity contribution in [2.75, 3.05) is 7.05 Å². The highest BCUT2D eigenvalue weighted by Crippen LogP contribution is 2.28. The van der Waals surface area contributed by atoms with Crippen LogP contribution in [0.25, 0.3) is 9.88 Å². The quantitative estimate of drug-likeness (QED) is 0.656. The first kappa shape index (κ1) is 16.8. The van der Waals surface area contributed by atoms with Crippen molar-refractivity contribution < 1.29 is 9.18 Å². The van der Waals surface area contributed by atoms with E-state index in [-0.39, 0.29) is 24.2 Å². The van der Waals surface area contributed by atoms with Gasteiger partial charge in [-0.25, -0.2) is 9.37 Å². The summed E-state index contributed by atoms with van der Waals surface area (Å²) in [7, 11) is 1.77. The van der Waals surface area contributed by atoms with Crippen molar-refractivity contribution in [2.45, 2.75) is 19.4 Å². The molecule has 2 heterocycles. The molecule has 0 saturated carbocycles. The molecular weight excluding hydrogens is 343 g/mol. The Hall–Kier alpha value is -2.05. The Kier molecular flexibility index (Phi) is 5.06. The highest BCUT2D eigenvalue weighted by atomic mass is 32.1. The molecule has 0 N–H and O–H groups in total. The predicted octanol–water partition coefficient (Wildman–Crippen LogP) is 4.77. The molecule has 0 bridgehead atoms. The summed E-state index contributed by atoms with van der Waals surface area (Å²) >= 11 is 3.19. The molecule has 24 heavy (non-hydrogen) atoms.